The van der Waals surface area contributed by atoms with Crippen LogP contribution >= 0.6 is 11.8 Å². The minimum atomic E-state index is -0.403. The summed E-state index contributed by atoms with van der Waals surface area (Å²) in [5.74, 6) is 2.55. The van der Waals surface area contributed by atoms with Gasteiger partial charge >= 0.3 is 0 Å². The van der Waals surface area contributed by atoms with Gasteiger partial charge in [-0.15, -0.1) is 11.8 Å². The Balaban J connectivity index is 1.80. The van der Waals surface area contributed by atoms with Gasteiger partial charge in [0.05, 0.1) is 18.1 Å². The van der Waals surface area contributed by atoms with Crippen LogP contribution in [0.4, 0.5) is 0 Å². The zero-order valence-electron chi connectivity index (χ0n) is 16.1. The van der Waals surface area contributed by atoms with E-state index in [1.54, 1.807) is 21.6 Å². The summed E-state index contributed by atoms with van der Waals surface area (Å²) in [5, 5.41) is 0. The lowest BCUT2D eigenvalue weighted by Crippen LogP contribution is -2.49. The number of amides is 2. The molecule has 1 fully saturated rings. The number of hydrogen-bond donors (Lipinski definition) is 0. The molecule has 1 saturated heterocycles. The maximum Gasteiger partial charge on any atom is 0.254 e. The summed E-state index contributed by atoms with van der Waals surface area (Å²) >= 11 is 1.61. The molecule has 1 aromatic rings. The first-order valence-electron chi connectivity index (χ1n) is 9.36. The smallest absolute Gasteiger partial charge is 0.254 e. The Bertz CT molecular complexity index is 745. The van der Waals surface area contributed by atoms with Crippen molar-refractivity contribution >= 4 is 29.7 Å². The first-order chi connectivity index (χ1) is 13.1. The molecule has 1 atom stereocenters. The summed E-state index contributed by atoms with van der Waals surface area (Å²) in [6, 6.07) is 5.19. The second-order valence-corrected chi connectivity index (χ2v) is 7.39. The molecule has 27 heavy (non-hydrogen) atoms. The highest BCUT2D eigenvalue weighted by Gasteiger charge is 2.38. The molecule has 0 N–H and O–H groups in total. The Morgan fingerprint density at radius 2 is 2.07 bits per heavy atom. The van der Waals surface area contributed by atoms with Crippen LogP contribution in [-0.2, 0) is 9.59 Å². The minimum Gasteiger partial charge on any atom is -0.494 e. The topological polar surface area (TPSA) is 59.1 Å². The van der Waals surface area contributed by atoms with Crippen LogP contribution < -0.4 is 9.47 Å². The number of ether oxygens (including phenoxy) is 2. The Labute approximate surface area is 164 Å². The molecule has 0 bridgehead atoms. The van der Waals surface area contributed by atoms with Gasteiger partial charge in [0, 0.05) is 24.4 Å². The zero-order valence-corrected chi connectivity index (χ0v) is 16.9. The lowest BCUT2D eigenvalue weighted by Gasteiger charge is -2.29. The van der Waals surface area contributed by atoms with Gasteiger partial charge in [-0.3, -0.25) is 9.59 Å². The maximum atomic E-state index is 13.1. The van der Waals surface area contributed by atoms with Gasteiger partial charge < -0.3 is 19.3 Å². The number of carbonyl (C=O) groups excluding carboxylic acids is 2. The quantitative estimate of drug-likeness (QED) is 0.747. The lowest BCUT2D eigenvalue weighted by molar-refractivity contribution is -0.141. The van der Waals surface area contributed by atoms with Crippen LogP contribution in [0.15, 0.2) is 23.8 Å². The number of fused-ring (bicyclic) bond motifs is 1. The van der Waals surface area contributed by atoms with E-state index in [0.717, 1.165) is 17.1 Å². The van der Waals surface area contributed by atoms with Gasteiger partial charge in [0.2, 0.25) is 5.91 Å². The van der Waals surface area contributed by atoms with Crippen molar-refractivity contribution < 1.29 is 19.1 Å². The normalized spacial score (nSPS) is 18.4. The van der Waals surface area contributed by atoms with E-state index >= 15 is 0 Å². The van der Waals surface area contributed by atoms with Gasteiger partial charge in [-0.1, -0.05) is 0 Å². The van der Waals surface area contributed by atoms with E-state index in [2.05, 4.69) is 0 Å². The molecule has 146 valence electrons. The minimum absolute atomic E-state index is 0.0229. The summed E-state index contributed by atoms with van der Waals surface area (Å²) in [6.07, 6.45) is 1.85. The molecular weight excluding hydrogens is 364 g/mol. The Morgan fingerprint density at radius 1 is 1.30 bits per heavy atom. The van der Waals surface area contributed by atoms with Crippen molar-refractivity contribution in [2.75, 3.05) is 37.9 Å². The number of rotatable bonds is 6. The number of benzene rings is 1. The molecule has 0 aliphatic carbocycles. The Hall–Kier alpha value is -2.15. The third-order valence-electron chi connectivity index (χ3n) is 4.78. The number of likely N-dealkylation sites (N-methyl/N-ethyl adjacent to an activating group) is 1. The second kappa shape index (κ2) is 8.69. The van der Waals surface area contributed by atoms with Crippen molar-refractivity contribution in [3.8, 4) is 11.5 Å². The van der Waals surface area contributed by atoms with Gasteiger partial charge in [-0.05, 0) is 45.0 Å². The van der Waals surface area contributed by atoms with Crippen molar-refractivity contribution in [2.45, 2.75) is 26.8 Å². The highest BCUT2D eigenvalue weighted by molar-refractivity contribution is 7.99. The third-order valence-corrected chi connectivity index (χ3v) is 5.80. The molecule has 7 heteroatoms. The average molecular weight is 391 g/mol. The van der Waals surface area contributed by atoms with Crippen LogP contribution in [0.5, 0.6) is 11.5 Å². The highest BCUT2D eigenvalue weighted by Crippen LogP contribution is 2.32. The molecule has 6 nitrogen and oxygen atoms in total. The molecule has 0 aromatic heterocycles. The standard InChI is InChI=1S/C20H26N2O4S/c1-4-21(5-2)20(24)17-12-27-13-22(17)19(23)15-9-14-10-16(25-6-3)7-8-18(14)26-11-15/h7-10,17H,4-6,11-13H2,1-3H3. The molecule has 2 amide bonds. The predicted molar refractivity (Wildman–Crippen MR) is 107 cm³/mol. The summed E-state index contributed by atoms with van der Waals surface area (Å²) in [5.41, 5.74) is 1.39. The van der Waals surface area contributed by atoms with Gasteiger partial charge in [-0.2, -0.15) is 0 Å². The van der Waals surface area contributed by atoms with Gasteiger partial charge in [-0.25, -0.2) is 0 Å². The molecule has 2 heterocycles. The molecule has 2 aliphatic rings. The van der Waals surface area contributed by atoms with E-state index in [1.165, 1.54) is 0 Å². The molecule has 3 rings (SSSR count). The van der Waals surface area contributed by atoms with Crippen molar-refractivity contribution in [1.82, 2.24) is 9.80 Å². The number of hydrogen-bond acceptors (Lipinski definition) is 5. The van der Waals surface area contributed by atoms with Crippen molar-refractivity contribution in [3.63, 3.8) is 0 Å². The molecule has 2 aliphatic heterocycles. The SMILES string of the molecule is CCOc1ccc2c(c1)C=C(C(=O)N1CSCC1C(=O)N(CC)CC)CO2. The predicted octanol–water partition coefficient (Wildman–Crippen LogP) is 2.63. The van der Waals surface area contributed by atoms with Crippen LogP contribution in [0.25, 0.3) is 6.08 Å². The third kappa shape index (κ3) is 4.08. The lowest BCUT2D eigenvalue weighted by atomic mass is 10.1. The van der Waals surface area contributed by atoms with Gasteiger partial charge in [0.15, 0.2) is 0 Å². The number of nitrogens with zero attached hydrogens (tertiary/aromatic N) is 2. The zero-order chi connectivity index (χ0) is 19.4. The fourth-order valence-corrected chi connectivity index (χ4v) is 4.46. The van der Waals surface area contributed by atoms with E-state index in [0.29, 0.717) is 36.9 Å². The van der Waals surface area contributed by atoms with Crippen LogP contribution in [0.3, 0.4) is 0 Å². The van der Waals surface area contributed by atoms with E-state index in [4.69, 9.17) is 9.47 Å². The second-order valence-electron chi connectivity index (χ2n) is 6.39. The fourth-order valence-electron chi connectivity index (χ4n) is 3.31. The monoisotopic (exact) mass is 390 g/mol. The fraction of sp³-hybridized carbons (Fsp3) is 0.500. The molecular formula is C20H26N2O4S. The van der Waals surface area contributed by atoms with Gasteiger partial charge in [0.1, 0.15) is 24.1 Å². The van der Waals surface area contributed by atoms with Crippen molar-refractivity contribution in [1.29, 1.82) is 0 Å². The number of carbonyl (C=O) groups is 2. The maximum absolute atomic E-state index is 13.1. The highest BCUT2D eigenvalue weighted by atomic mass is 32.2. The first-order valence-corrected chi connectivity index (χ1v) is 10.5. The van der Waals surface area contributed by atoms with Crippen LogP contribution in [0.2, 0.25) is 0 Å². The van der Waals surface area contributed by atoms with E-state index in [-0.39, 0.29) is 18.4 Å². The van der Waals surface area contributed by atoms with E-state index in [1.807, 2.05) is 45.0 Å². The molecule has 0 spiro atoms. The Morgan fingerprint density at radius 3 is 2.78 bits per heavy atom. The molecule has 0 saturated carbocycles. The Kier molecular flexibility index (Phi) is 6.31. The van der Waals surface area contributed by atoms with Crippen LogP contribution in [-0.4, -0.2) is 65.6 Å². The van der Waals surface area contributed by atoms with Crippen molar-refractivity contribution in [3.05, 3.63) is 29.3 Å². The van der Waals surface area contributed by atoms with Crippen molar-refractivity contribution in [2.24, 2.45) is 0 Å². The van der Waals surface area contributed by atoms with Crippen LogP contribution in [0.1, 0.15) is 26.3 Å². The summed E-state index contributed by atoms with van der Waals surface area (Å²) in [7, 11) is 0. The summed E-state index contributed by atoms with van der Waals surface area (Å²) < 4.78 is 11.3. The molecule has 0 radical (unpaired) electrons. The molecule has 1 aromatic carbocycles. The largest absolute Gasteiger partial charge is 0.494 e. The number of thioether (sulfide) groups is 1. The van der Waals surface area contributed by atoms with Gasteiger partial charge in [0.25, 0.3) is 5.91 Å². The van der Waals surface area contributed by atoms with E-state index < -0.39 is 6.04 Å². The first kappa shape index (κ1) is 19.6. The van der Waals surface area contributed by atoms with E-state index in [9.17, 15) is 9.59 Å². The molecule has 1 unspecified atom stereocenters. The summed E-state index contributed by atoms with van der Waals surface area (Å²) in [4.78, 5) is 29.3. The summed E-state index contributed by atoms with van der Waals surface area (Å²) in [6.45, 7) is 7.94. The average Bonchev–Trinajstić information content (AvgIpc) is 3.17. The van der Waals surface area contributed by atoms with Crippen LogP contribution in [0, 0.1) is 0 Å².